The second-order valence-electron chi connectivity index (χ2n) is 10.2. The third-order valence-corrected chi connectivity index (χ3v) is 6.54. The first-order valence-electron chi connectivity index (χ1n) is 13.6. The van der Waals surface area contributed by atoms with Crippen LogP contribution in [0.25, 0.3) is 0 Å². The average Bonchev–Trinajstić information content (AvgIpc) is 2.70. The molecule has 0 aliphatic carbocycles. The van der Waals surface area contributed by atoms with Crippen LogP contribution in [-0.4, -0.2) is 31.7 Å². The average molecular weight is 409 g/mol. The van der Waals surface area contributed by atoms with E-state index >= 15 is 0 Å². The fraction of sp³-hybridized carbons (Fsp3) is 0.929. The van der Waals surface area contributed by atoms with Gasteiger partial charge in [-0.05, 0) is 38.5 Å². The monoisotopic (exact) mass is 408 g/mol. The van der Waals surface area contributed by atoms with E-state index in [4.69, 9.17) is 0 Å². The van der Waals surface area contributed by atoms with Crippen molar-refractivity contribution in [3.05, 3.63) is 12.7 Å². The van der Waals surface area contributed by atoms with Crippen molar-refractivity contribution in [1.29, 1.82) is 0 Å². The lowest BCUT2D eigenvalue weighted by atomic mass is 10.0. The van der Waals surface area contributed by atoms with Crippen molar-refractivity contribution in [3.63, 3.8) is 0 Å². The summed E-state index contributed by atoms with van der Waals surface area (Å²) in [7, 11) is 4.87. The lowest BCUT2D eigenvalue weighted by Gasteiger charge is -2.30. The number of unbranched alkanes of at least 4 members (excludes halogenated alkanes) is 19. The highest BCUT2D eigenvalue weighted by molar-refractivity contribution is 4.65. The standard InChI is InChI=1S/C28H58N/c1-5-7-9-11-13-15-16-17-18-19-20-22-24-26-28-29(3,4)27-25-23-21-14-12-10-8-6-2/h6H,2,5,7-28H2,1,3-4H3/q+1. The fourth-order valence-electron chi connectivity index (χ4n) is 4.38. The zero-order chi connectivity index (χ0) is 21.5. The summed E-state index contributed by atoms with van der Waals surface area (Å²) in [6.45, 7) is 8.84. The van der Waals surface area contributed by atoms with E-state index in [1.807, 2.05) is 0 Å². The number of rotatable bonds is 24. The molecule has 0 heterocycles. The molecule has 0 N–H and O–H groups in total. The molecular weight excluding hydrogens is 350 g/mol. The molecule has 0 rings (SSSR count). The molecule has 0 radical (unpaired) electrons. The summed E-state index contributed by atoms with van der Waals surface area (Å²) >= 11 is 0. The van der Waals surface area contributed by atoms with Crippen molar-refractivity contribution in [2.45, 2.75) is 142 Å². The number of nitrogens with zero attached hydrogens (tertiary/aromatic N) is 1. The van der Waals surface area contributed by atoms with Gasteiger partial charge in [0.05, 0.1) is 27.2 Å². The van der Waals surface area contributed by atoms with Crippen LogP contribution in [-0.2, 0) is 0 Å². The Morgan fingerprint density at radius 2 is 0.793 bits per heavy atom. The molecule has 0 amide bonds. The zero-order valence-corrected chi connectivity index (χ0v) is 21.0. The molecule has 0 saturated heterocycles. The number of hydrogen-bond donors (Lipinski definition) is 0. The molecule has 0 spiro atoms. The molecule has 1 heteroatoms. The smallest absolute Gasteiger partial charge is 0.0782 e. The Hall–Kier alpha value is -0.300. The molecule has 0 aromatic rings. The van der Waals surface area contributed by atoms with Gasteiger partial charge in [0.2, 0.25) is 0 Å². The van der Waals surface area contributed by atoms with Crippen LogP contribution in [0, 0.1) is 0 Å². The molecular formula is C28H58N+. The zero-order valence-electron chi connectivity index (χ0n) is 21.0. The van der Waals surface area contributed by atoms with E-state index in [0.29, 0.717) is 0 Å². The Labute approximate surface area is 186 Å². The van der Waals surface area contributed by atoms with Gasteiger partial charge in [-0.3, -0.25) is 0 Å². The van der Waals surface area contributed by atoms with Crippen LogP contribution in [0.2, 0.25) is 0 Å². The van der Waals surface area contributed by atoms with Crippen molar-refractivity contribution < 1.29 is 4.48 Å². The van der Waals surface area contributed by atoms with Gasteiger partial charge in [-0.25, -0.2) is 0 Å². The molecule has 174 valence electrons. The Balaban J connectivity index is 3.28. The number of hydrogen-bond acceptors (Lipinski definition) is 0. The number of quaternary nitrogens is 1. The van der Waals surface area contributed by atoms with Crippen LogP contribution in [0.1, 0.15) is 142 Å². The summed E-state index contributed by atoms with van der Waals surface area (Å²) in [5.41, 5.74) is 0. The molecule has 0 aliphatic heterocycles. The molecule has 0 bridgehead atoms. The van der Waals surface area contributed by atoms with Gasteiger partial charge < -0.3 is 4.48 Å². The predicted molar refractivity (Wildman–Crippen MR) is 135 cm³/mol. The Morgan fingerprint density at radius 3 is 1.14 bits per heavy atom. The Morgan fingerprint density at radius 1 is 0.483 bits per heavy atom. The van der Waals surface area contributed by atoms with Crippen LogP contribution in [0.15, 0.2) is 12.7 Å². The van der Waals surface area contributed by atoms with Gasteiger partial charge in [0.15, 0.2) is 0 Å². The van der Waals surface area contributed by atoms with Gasteiger partial charge in [0.1, 0.15) is 0 Å². The van der Waals surface area contributed by atoms with Gasteiger partial charge in [-0.15, -0.1) is 6.58 Å². The second-order valence-corrected chi connectivity index (χ2v) is 10.2. The van der Waals surface area contributed by atoms with Gasteiger partial charge >= 0.3 is 0 Å². The molecule has 0 aliphatic rings. The first-order chi connectivity index (χ1) is 14.1. The normalized spacial score (nSPS) is 11.8. The highest BCUT2D eigenvalue weighted by Gasteiger charge is 2.13. The molecule has 1 nitrogen and oxygen atoms in total. The van der Waals surface area contributed by atoms with Crippen molar-refractivity contribution in [2.75, 3.05) is 27.2 Å². The lowest BCUT2D eigenvalue weighted by molar-refractivity contribution is -0.890. The summed E-state index contributed by atoms with van der Waals surface area (Å²) in [5.74, 6) is 0. The lowest BCUT2D eigenvalue weighted by Crippen LogP contribution is -2.41. The van der Waals surface area contributed by atoms with E-state index in [9.17, 15) is 0 Å². The van der Waals surface area contributed by atoms with Crippen LogP contribution in [0.3, 0.4) is 0 Å². The Kier molecular flexibility index (Phi) is 22.2. The molecule has 0 atom stereocenters. The Bertz CT molecular complexity index is 320. The summed E-state index contributed by atoms with van der Waals surface area (Å²) in [5, 5.41) is 0. The minimum absolute atomic E-state index is 1.20. The molecule has 0 unspecified atom stereocenters. The van der Waals surface area contributed by atoms with Crippen LogP contribution >= 0.6 is 0 Å². The van der Waals surface area contributed by atoms with Crippen molar-refractivity contribution in [2.24, 2.45) is 0 Å². The van der Waals surface area contributed by atoms with Gasteiger partial charge in [0.25, 0.3) is 0 Å². The quantitative estimate of drug-likeness (QED) is 0.0847. The highest BCUT2D eigenvalue weighted by atomic mass is 15.3. The van der Waals surface area contributed by atoms with Gasteiger partial charge in [-0.2, -0.15) is 0 Å². The maximum Gasteiger partial charge on any atom is 0.0782 e. The van der Waals surface area contributed by atoms with E-state index in [-0.39, 0.29) is 0 Å². The van der Waals surface area contributed by atoms with Gasteiger partial charge in [0, 0.05) is 0 Å². The van der Waals surface area contributed by atoms with E-state index in [2.05, 4.69) is 33.7 Å². The minimum Gasteiger partial charge on any atom is -0.328 e. The van der Waals surface area contributed by atoms with E-state index < -0.39 is 0 Å². The maximum absolute atomic E-state index is 3.80. The van der Waals surface area contributed by atoms with Crippen molar-refractivity contribution in [1.82, 2.24) is 0 Å². The van der Waals surface area contributed by atoms with Crippen LogP contribution < -0.4 is 0 Å². The van der Waals surface area contributed by atoms with Crippen molar-refractivity contribution >= 4 is 0 Å². The maximum atomic E-state index is 3.80. The second kappa shape index (κ2) is 22.4. The van der Waals surface area contributed by atoms with E-state index in [1.165, 1.54) is 152 Å². The molecule has 0 fully saturated rings. The summed E-state index contributed by atoms with van der Waals surface area (Å²) in [6.07, 6.45) is 32.1. The molecule has 0 saturated carbocycles. The summed E-state index contributed by atoms with van der Waals surface area (Å²) < 4.78 is 1.23. The van der Waals surface area contributed by atoms with E-state index in [1.54, 1.807) is 0 Å². The third kappa shape index (κ3) is 23.8. The van der Waals surface area contributed by atoms with Crippen LogP contribution in [0.4, 0.5) is 0 Å². The van der Waals surface area contributed by atoms with Gasteiger partial charge in [-0.1, -0.05) is 109 Å². The van der Waals surface area contributed by atoms with Crippen LogP contribution in [0.5, 0.6) is 0 Å². The topological polar surface area (TPSA) is 0 Å². The van der Waals surface area contributed by atoms with E-state index in [0.717, 1.165) is 0 Å². The minimum atomic E-state index is 1.20. The molecule has 29 heavy (non-hydrogen) atoms. The number of allylic oxidation sites excluding steroid dienone is 1. The predicted octanol–water partition coefficient (Wildman–Crippen LogP) is 9.46. The summed E-state index contributed by atoms with van der Waals surface area (Å²) in [4.78, 5) is 0. The molecule has 0 aromatic carbocycles. The SMILES string of the molecule is C=CCCCCCCCC[N+](C)(C)CCCCCCCCCCCCCCCC. The highest BCUT2D eigenvalue weighted by Crippen LogP contribution is 2.14. The summed E-state index contributed by atoms with van der Waals surface area (Å²) in [6, 6.07) is 0. The fourth-order valence-corrected chi connectivity index (χ4v) is 4.38. The van der Waals surface area contributed by atoms with Crippen molar-refractivity contribution in [3.8, 4) is 0 Å². The first kappa shape index (κ1) is 28.7. The third-order valence-electron chi connectivity index (χ3n) is 6.54. The first-order valence-corrected chi connectivity index (χ1v) is 13.6. The molecule has 0 aromatic heterocycles. The largest absolute Gasteiger partial charge is 0.328 e.